The van der Waals surface area contributed by atoms with E-state index in [1.54, 1.807) is 48.5 Å². The van der Waals surface area contributed by atoms with Gasteiger partial charge in [0.05, 0.1) is 5.75 Å². The molecule has 1 aromatic heterocycles. The number of amides is 1. The molecule has 0 atom stereocenters. The standard InChI is InChI=1S/C26H24N4O4S/c1-3-15-27-35(32,33)17-19-7-13-23(14-8-19)28-24(31)20-9-11-21(12-10-20)25-29-30-26(34-25)22-6-4-5-18(2)16-22/h3-14,16,27H,1,15,17H2,2H3,(H,28,31). The normalized spacial score (nSPS) is 11.2. The minimum Gasteiger partial charge on any atom is -0.416 e. The number of hydrogen-bond acceptors (Lipinski definition) is 6. The highest BCUT2D eigenvalue weighted by Crippen LogP contribution is 2.25. The Balaban J connectivity index is 1.39. The van der Waals surface area contributed by atoms with Crippen LogP contribution in [0.15, 0.2) is 89.9 Å². The van der Waals surface area contributed by atoms with E-state index >= 15 is 0 Å². The van der Waals surface area contributed by atoms with Gasteiger partial charge in [-0.3, -0.25) is 4.79 Å². The van der Waals surface area contributed by atoms with Crippen LogP contribution in [-0.2, 0) is 15.8 Å². The van der Waals surface area contributed by atoms with E-state index in [-0.39, 0.29) is 18.2 Å². The van der Waals surface area contributed by atoms with Gasteiger partial charge in [0.25, 0.3) is 5.91 Å². The van der Waals surface area contributed by atoms with Gasteiger partial charge in [-0.1, -0.05) is 35.9 Å². The quantitative estimate of drug-likeness (QED) is 0.334. The molecule has 0 aliphatic heterocycles. The largest absolute Gasteiger partial charge is 0.416 e. The first-order valence-corrected chi connectivity index (χ1v) is 12.5. The summed E-state index contributed by atoms with van der Waals surface area (Å²) in [5.41, 5.74) is 4.25. The molecule has 0 unspecified atom stereocenters. The van der Waals surface area contributed by atoms with Crippen LogP contribution >= 0.6 is 0 Å². The van der Waals surface area contributed by atoms with E-state index in [4.69, 9.17) is 4.42 Å². The molecule has 0 bridgehead atoms. The van der Waals surface area contributed by atoms with Crippen LogP contribution in [-0.4, -0.2) is 31.1 Å². The molecule has 0 saturated heterocycles. The number of nitrogens with zero attached hydrogens (tertiary/aromatic N) is 2. The number of benzene rings is 3. The van der Waals surface area contributed by atoms with Crippen molar-refractivity contribution in [2.45, 2.75) is 12.7 Å². The highest BCUT2D eigenvalue weighted by Gasteiger charge is 2.13. The molecule has 0 aliphatic carbocycles. The van der Waals surface area contributed by atoms with Gasteiger partial charge >= 0.3 is 0 Å². The van der Waals surface area contributed by atoms with E-state index in [0.717, 1.165) is 11.1 Å². The SMILES string of the molecule is C=CCNS(=O)(=O)Cc1ccc(NC(=O)c2ccc(-c3nnc(-c4cccc(C)c4)o3)cc2)cc1. The molecule has 1 amide bonds. The first-order chi connectivity index (χ1) is 16.8. The lowest BCUT2D eigenvalue weighted by molar-refractivity contribution is 0.102. The maximum absolute atomic E-state index is 12.6. The number of aryl methyl sites for hydroxylation is 1. The minimum atomic E-state index is -3.44. The molecule has 8 nitrogen and oxygen atoms in total. The average molecular weight is 489 g/mol. The average Bonchev–Trinajstić information content (AvgIpc) is 3.34. The summed E-state index contributed by atoms with van der Waals surface area (Å²) in [6.07, 6.45) is 1.48. The molecule has 35 heavy (non-hydrogen) atoms. The van der Waals surface area contributed by atoms with Crippen molar-refractivity contribution in [1.82, 2.24) is 14.9 Å². The van der Waals surface area contributed by atoms with Crippen LogP contribution in [0.1, 0.15) is 21.5 Å². The topological polar surface area (TPSA) is 114 Å². The number of sulfonamides is 1. The third kappa shape index (κ3) is 6.28. The monoisotopic (exact) mass is 488 g/mol. The van der Waals surface area contributed by atoms with Gasteiger partial charge < -0.3 is 9.73 Å². The molecule has 0 fully saturated rings. The lowest BCUT2D eigenvalue weighted by Gasteiger charge is -2.08. The van der Waals surface area contributed by atoms with Crippen LogP contribution in [0.2, 0.25) is 0 Å². The van der Waals surface area contributed by atoms with Crippen molar-refractivity contribution in [2.75, 3.05) is 11.9 Å². The fourth-order valence-electron chi connectivity index (χ4n) is 3.34. The van der Waals surface area contributed by atoms with Gasteiger partial charge in [-0.15, -0.1) is 16.8 Å². The van der Waals surface area contributed by atoms with Gasteiger partial charge in [-0.05, 0) is 61.0 Å². The molecule has 4 aromatic rings. The molecule has 178 valence electrons. The fraction of sp³-hybridized carbons (Fsp3) is 0.115. The van der Waals surface area contributed by atoms with Crippen LogP contribution < -0.4 is 10.0 Å². The van der Waals surface area contributed by atoms with Gasteiger partial charge in [0.15, 0.2) is 0 Å². The second-order valence-electron chi connectivity index (χ2n) is 7.91. The Hall–Kier alpha value is -4.08. The molecule has 0 radical (unpaired) electrons. The zero-order valence-corrected chi connectivity index (χ0v) is 19.9. The second kappa shape index (κ2) is 10.5. The third-order valence-electron chi connectivity index (χ3n) is 5.10. The lowest BCUT2D eigenvalue weighted by Crippen LogP contribution is -2.25. The smallest absolute Gasteiger partial charge is 0.255 e. The zero-order chi connectivity index (χ0) is 24.8. The molecule has 3 aromatic carbocycles. The first kappa shape index (κ1) is 24.1. The van der Waals surface area contributed by atoms with Crippen LogP contribution in [0, 0.1) is 6.92 Å². The number of carbonyl (C=O) groups is 1. The number of nitrogens with one attached hydrogen (secondary N) is 2. The third-order valence-corrected chi connectivity index (χ3v) is 6.42. The van der Waals surface area contributed by atoms with Crippen LogP contribution in [0.25, 0.3) is 22.9 Å². The Kier molecular flexibility index (Phi) is 7.19. The van der Waals surface area contributed by atoms with Gasteiger partial charge in [-0.25, -0.2) is 13.1 Å². The molecular formula is C26H24N4O4S. The van der Waals surface area contributed by atoms with E-state index in [0.29, 0.717) is 34.2 Å². The Morgan fingerprint density at radius 3 is 2.31 bits per heavy atom. The first-order valence-electron chi connectivity index (χ1n) is 10.8. The summed E-state index contributed by atoms with van der Waals surface area (Å²) < 4.78 is 32.2. The number of rotatable bonds is 9. The van der Waals surface area contributed by atoms with Gasteiger partial charge in [0, 0.05) is 28.9 Å². The van der Waals surface area contributed by atoms with Crippen LogP contribution in [0.5, 0.6) is 0 Å². The molecule has 0 aliphatic rings. The van der Waals surface area contributed by atoms with Crippen molar-refractivity contribution < 1.29 is 17.6 Å². The Morgan fingerprint density at radius 2 is 1.66 bits per heavy atom. The van der Waals surface area contributed by atoms with Crippen molar-refractivity contribution in [3.05, 3.63) is 102 Å². The van der Waals surface area contributed by atoms with Gasteiger partial charge in [-0.2, -0.15) is 0 Å². The molecule has 4 rings (SSSR count). The highest BCUT2D eigenvalue weighted by atomic mass is 32.2. The number of aromatic nitrogens is 2. The molecule has 0 saturated carbocycles. The summed E-state index contributed by atoms with van der Waals surface area (Å²) >= 11 is 0. The number of anilines is 1. The van der Waals surface area contributed by atoms with Crippen molar-refractivity contribution in [2.24, 2.45) is 0 Å². The van der Waals surface area contributed by atoms with E-state index in [1.165, 1.54) is 6.08 Å². The summed E-state index contributed by atoms with van der Waals surface area (Å²) in [4.78, 5) is 12.6. The van der Waals surface area contributed by atoms with Crippen molar-refractivity contribution in [3.63, 3.8) is 0 Å². The molecule has 0 spiro atoms. The second-order valence-corrected chi connectivity index (χ2v) is 9.71. The zero-order valence-electron chi connectivity index (χ0n) is 19.1. The summed E-state index contributed by atoms with van der Waals surface area (Å²) in [6.45, 7) is 5.66. The Bertz CT molecular complexity index is 1440. The van der Waals surface area contributed by atoms with Gasteiger partial charge in [0.1, 0.15) is 0 Å². The van der Waals surface area contributed by atoms with Gasteiger partial charge in [0.2, 0.25) is 21.8 Å². The van der Waals surface area contributed by atoms with E-state index in [9.17, 15) is 13.2 Å². The summed E-state index contributed by atoms with van der Waals surface area (Å²) in [5.74, 6) is 0.341. The Labute approximate surface area is 203 Å². The van der Waals surface area contributed by atoms with E-state index in [2.05, 4.69) is 26.8 Å². The molecule has 2 N–H and O–H groups in total. The van der Waals surface area contributed by atoms with Crippen molar-refractivity contribution in [1.29, 1.82) is 0 Å². The fourth-order valence-corrected chi connectivity index (χ4v) is 4.45. The Morgan fingerprint density at radius 1 is 0.971 bits per heavy atom. The summed E-state index contributed by atoms with van der Waals surface area (Å²) in [7, 11) is -3.44. The predicted octanol–water partition coefficient (Wildman–Crippen LogP) is 4.57. The number of hydrogen-bond donors (Lipinski definition) is 2. The molecular weight excluding hydrogens is 464 g/mol. The number of carbonyl (C=O) groups excluding carboxylic acids is 1. The van der Waals surface area contributed by atoms with Crippen molar-refractivity contribution in [3.8, 4) is 22.9 Å². The van der Waals surface area contributed by atoms with Crippen molar-refractivity contribution >= 4 is 21.6 Å². The highest BCUT2D eigenvalue weighted by molar-refractivity contribution is 7.88. The van der Waals surface area contributed by atoms with Crippen LogP contribution in [0.3, 0.4) is 0 Å². The maximum atomic E-state index is 12.6. The summed E-state index contributed by atoms with van der Waals surface area (Å²) in [6, 6.07) is 21.3. The molecule has 9 heteroatoms. The predicted molar refractivity (Wildman–Crippen MR) is 135 cm³/mol. The minimum absolute atomic E-state index is 0.155. The molecule has 1 heterocycles. The van der Waals surface area contributed by atoms with E-state index < -0.39 is 10.0 Å². The van der Waals surface area contributed by atoms with Crippen LogP contribution in [0.4, 0.5) is 5.69 Å². The summed E-state index contributed by atoms with van der Waals surface area (Å²) in [5, 5.41) is 11.0. The maximum Gasteiger partial charge on any atom is 0.255 e. The lowest BCUT2D eigenvalue weighted by atomic mass is 10.1. The van der Waals surface area contributed by atoms with E-state index in [1.807, 2.05) is 31.2 Å².